The maximum Gasteiger partial charge on any atom is 0.157 e. The Bertz CT molecular complexity index is 700. The van der Waals surface area contributed by atoms with Crippen molar-refractivity contribution in [1.29, 1.82) is 0 Å². The van der Waals surface area contributed by atoms with Crippen LogP contribution in [0.5, 0.6) is 23.0 Å². The van der Waals surface area contributed by atoms with Gasteiger partial charge in [-0.15, -0.1) is 0 Å². The Kier molecular flexibility index (Phi) is 5.08. The van der Waals surface area contributed by atoms with E-state index in [1.54, 1.807) is 12.1 Å². The van der Waals surface area contributed by atoms with E-state index in [1.807, 2.05) is 0 Å². The van der Waals surface area contributed by atoms with Gasteiger partial charge < -0.3 is 30.0 Å². The van der Waals surface area contributed by atoms with Gasteiger partial charge in [-0.3, -0.25) is 0 Å². The summed E-state index contributed by atoms with van der Waals surface area (Å²) in [6.45, 7) is 0. The van der Waals surface area contributed by atoms with Gasteiger partial charge in [0.05, 0.1) is 0 Å². The molecule has 6 nitrogen and oxygen atoms in total. The first-order valence-electron chi connectivity index (χ1n) is 7.31. The maximum absolute atomic E-state index is 11.7. The third kappa shape index (κ3) is 3.84. The molecule has 0 amide bonds. The van der Waals surface area contributed by atoms with Gasteiger partial charge in [0.15, 0.2) is 23.0 Å². The zero-order chi connectivity index (χ0) is 17.7. The molecule has 24 heavy (non-hydrogen) atoms. The van der Waals surface area contributed by atoms with E-state index in [4.69, 9.17) is 0 Å². The fourth-order valence-corrected chi connectivity index (χ4v) is 2.68. The summed E-state index contributed by atoms with van der Waals surface area (Å²) in [5.41, 5.74) is 0.110. The summed E-state index contributed by atoms with van der Waals surface area (Å²) in [7, 11) is 0. The molecule has 0 radical (unpaired) electrons. The lowest BCUT2D eigenvalue weighted by atomic mass is 9.75. The highest BCUT2D eigenvalue weighted by atomic mass is 16.3. The zero-order valence-electron chi connectivity index (χ0n) is 12.8. The Labute approximate surface area is 138 Å². The van der Waals surface area contributed by atoms with E-state index < -0.39 is 5.41 Å². The Morgan fingerprint density at radius 3 is 1.54 bits per heavy atom. The molecule has 0 atom stereocenters. The number of hydrogen-bond acceptors (Lipinski definition) is 6. The predicted molar refractivity (Wildman–Crippen MR) is 86.1 cm³/mol. The number of hydrogen-bond donors (Lipinski definition) is 4. The Morgan fingerprint density at radius 1 is 0.750 bits per heavy atom. The summed E-state index contributed by atoms with van der Waals surface area (Å²) >= 11 is 0. The minimum absolute atomic E-state index is 0.0419. The van der Waals surface area contributed by atoms with E-state index in [9.17, 15) is 30.0 Å². The fourth-order valence-electron chi connectivity index (χ4n) is 2.68. The van der Waals surface area contributed by atoms with Crippen LogP contribution in [-0.2, 0) is 22.4 Å². The van der Waals surface area contributed by atoms with E-state index in [0.717, 1.165) is 0 Å². The van der Waals surface area contributed by atoms with Crippen LogP contribution in [0.2, 0.25) is 0 Å². The number of carbonyl (C=O) groups is 2. The second-order valence-electron chi connectivity index (χ2n) is 5.85. The maximum atomic E-state index is 11.7. The lowest BCUT2D eigenvalue weighted by Gasteiger charge is -2.26. The number of rotatable bonds is 7. The topological polar surface area (TPSA) is 115 Å². The molecule has 0 saturated carbocycles. The van der Waals surface area contributed by atoms with Gasteiger partial charge in [-0.05, 0) is 48.2 Å². The third-order valence-electron chi connectivity index (χ3n) is 3.93. The molecule has 126 valence electrons. The summed E-state index contributed by atoms with van der Waals surface area (Å²) in [5.74, 6) is -1.15. The van der Waals surface area contributed by atoms with Gasteiger partial charge in [0.1, 0.15) is 12.6 Å². The standard InChI is InChI=1S/C18H18O6/c19-6-5-18(11-20,9-12-1-3-14(21)16(23)7-12)10-13-2-4-15(22)17(24)8-13/h1-4,6-8,11,21-24H,5,9-10H2. The van der Waals surface area contributed by atoms with E-state index in [-0.39, 0.29) is 42.3 Å². The molecule has 0 heterocycles. The molecule has 2 rings (SSSR count). The number of carbonyl (C=O) groups excluding carboxylic acids is 2. The normalized spacial score (nSPS) is 11.2. The van der Waals surface area contributed by atoms with Gasteiger partial charge in [0, 0.05) is 11.8 Å². The molecule has 0 fully saturated rings. The molecule has 0 aromatic heterocycles. The Morgan fingerprint density at radius 2 is 1.21 bits per heavy atom. The van der Waals surface area contributed by atoms with Crippen molar-refractivity contribution in [2.24, 2.45) is 5.41 Å². The van der Waals surface area contributed by atoms with Crippen molar-refractivity contribution in [2.45, 2.75) is 19.3 Å². The van der Waals surface area contributed by atoms with Crippen LogP contribution in [0.3, 0.4) is 0 Å². The molecule has 0 aliphatic rings. The van der Waals surface area contributed by atoms with E-state index in [2.05, 4.69) is 0 Å². The Hall–Kier alpha value is -3.02. The van der Waals surface area contributed by atoms with Crippen LogP contribution in [0.1, 0.15) is 17.5 Å². The SMILES string of the molecule is O=CCC(C=O)(Cc1ccc(O)c(O)c1)Cc1ccc(O)c(O)c1. The summed E-state index contributed by atoms with van der Waals surface area (Å²) in [6.07, 6.45) is 1.64. The number of benzene rings is 2. The van der Waals surface area contributed by atoms with Crippen molar-refractivity contribution in [1.82, 2.24) is 0 Å². The highest BCUT2D eigenvalue weighted by Crippen LogP contribution is 2.34. The molecule has 6 heteroatoms. The molecule has 0 saturated heterocycles. The average Bonchev–Trinajstić information content (AvgIpc) is 2.54. The average molecular weight is 330 g/mol. The predicted octanol–water partition coefficient (Wildman–Crippen LogP) is 2.07. The van der Waals surface area contributed by atoms with Crippen LogP contribution >= 0.6 is 0 Å². The van der Waals surface area contributed by atoms with E-state index in [0.29, 0.717) is 23.7 Å². The quantitative estimate of drug-likeness (QED) is 0.456. The fraction of sp³-hybridized carbons (Fsp3) is 0.222. The number of phenols is 4. The van der Waals surface area contributed by atoms with E-state index in [1.165, 1.54) is 24.3 Å². The second kappa shape index (κ2) is 7.04. The molecule has 2 aromatic carbocycles. The lowest BCUT2D eigenvalue weighted by molar-refractivity contribution is -0.120. The van der Waals surface area contributed by atoms with Crippen LogP contribution in [-0.4, -0.2) is 33.0 Å². The molecule has 0 spiro atoms. The van der Waals surface area contributed by atoms with Crippen LogP contribution < -0.4 is 0 Å². The van der Waals surface area contributed by atoms with Gasteiger partial charge in [0.25, 0.3) is 0 Å². The molecule has 0 unspecified atom stereocenters. The largest absolute Gasteiger partial charge is 0.504 e. The number of aldehydes is 2. The van der Waals surface area contributed by atoms with Crippen molar-refractivity contribution in [3.63, 3.8) is 0 Å². The molecule has 2 aromatic rings. The van der Waals surface area contributed by atoms with Crippen molar-refractivity contribution in [3.05, 3.63) is 47.5 Å². The molecular formula is C18H18O6. The van der Waals surface area contributed by atoms with Gasteiger partial charge in [-0.1, -0.05) is 12.1 Å². The van der Waals surface area contributed by atoms with E-state index >= 15 is 0 Å². The lowest BCUT2D eigenvalue weighted by Crippen LogP contribution is -2.29. The van der Waals surface area contributed by atoms with Crippen molar-refractivity contribution in [2.75, 3.05) is 0 Å². The first kappa shape index (κ1) is 17.3. The van der Waals surface area contributed by atoms with Crippen molar-refractivity contribution >= 4 is 12.6 Å². The van der Waals surface area contributed by atoms with Gasteiger partial charge in [-0.25, -0.2) is 0 Å². The number of phenolic OH excluding ortho intramolecular Hbond substituents is 4. The summed E-state index contributed by atoms with van der Waals surface area (Å²) < 4.78 is 0. The Balaban J connectivity index is 2.33. The highest BCUT2D eigenvalue weighted by molar-refractivity contribution is 5.68. The molecule has 0 aliphatic carbocycles. The third-order valence-corrected chi connectivity index (χ3v) is 3.93. The van der Waals surface area contributed by atoms with Gasteiger partial charge >= 0.3 is 0 Å². The first-order valence-corrected chi connectivity index (χ1v) is 7.31. The second-order valence-corrected chi connectivity index (χ2v) is 5.85. The minimum Gasteiger partial charge on any atom is -0.504 e. The zero-order valence-corrected chi connectivity index (χ0v) is 12.8. The monoisotopic (exact) mass is 330 g/mol. The van der Waals surface area contributed by atoms with Gasteiger partial charge in [0.2, 0.25) is 0 Å². The molecule has 4 N–H and O–H groups in total. The molecule has 0 bridgehead atoms. The van der Waals surface area contributed by atoms with Crippen molar-refractivity contribution in [3.8, 4) is 23.0 Å². The van der Waals surface area contributed by atoms with Crippen molar-refractivity contribution < 1.29 is 30.0 Å². The van der Waals surface area contributed by atoms with Crippen LogP contribution in [0.15, 0.2) is 36.4 Å². The van der Waals surface area contributed by atoms with Crippen LogP contribution in [0.4, 0.5) is 0 Å². The van der Waals surface area contributed by atoms with Crippen LogP contribution in [0.25, 0.3) is 0 Å². The van der Waals surface area contributed by atoms with Gasteiger partial charge in [-0.2, -0.15) is 0 Å². The number of aromatic hydroxyl groups is 4. The summed E-state index contributed by atoms with van der Waals surface area (Å²) in [4.78, 5) is 22.8. The molecule has 0 aliphatic heterocycles. The summed E-state index contributed by atoms with van der Waals surface area (Å²) in [5, 5.41) is 37.9. The summed E-state index contributed by atoms with van der Waals surface area (Å²) in [6, 6.07) is 8.43. The first-order chi connectivity index (χ1) is 11.4. The molecular weight excluding hydrogens is 312 g/mol. The highest BCUT2D eigenvalue weighted by Gasteiger charge is 2.31. The minimum atomic E-state index is -1.06. The smallest absolute Gasteiger partial charge is 0.157 e. The van der Waals surface area contributed by atoms with Crippen LogP contribution in [0, 0.1) is 5.41 Å².